The molecule has 22 heavy (non-hydrogen) atoms. The molecule has 1 aromatic carbocycles. The Labute approximate surface area is 126 Å². The zero-order valence-electron chi connectivity index (χ0n) is 12.3. The minimum absolute atomic E-state index is 0.318. The molecule has 8 heteroatoms. The Morgan fingerprint density at radius 1 is 1.23 bits per heavy atom. The van der Waals surface area contributed by atoms with Crippen molar-refractivity contribution in [3.8, 4) is 0 Å². The average Bonchev–Trinajstić information content (AvgIpc) is 2.47. The molecule has 5 nitrogen and oxygen atoms in total. The van der Waals surface area contributed by atoms with Crippen LogP contribution < -0.4 is 10.2 Å². The maximum Gasteiger partial charge on any atom is 0.240 e. The van der Waals surface area contributed by atoms with Crippen molar-refractivity contribution in [3.05, 3.63) is 29.6 Å². The smallest absolute Gasteiger partial charge is 0.240 e. The topological polar surface area (TPSA) is 58.6 Å². The summed E-state index contributed by atoms with van der Waals surface area (Å²) in [6, 6.07) is 1.60. The Kier molecular flexibility index (Phi) is 6.84. The highest BCUT2D eigenvalue weighted by Gasteiger charge is 2.22. The summed E-state index contributed by atoms with van der Waals surface area (Å²) in [5, 5.41) is 2.51. The largest absolute Gasteiger partial charge is 0.385 e. The molecule has 1 aromatic rings. The van der Waals surface area contributed by atoms with Gasteiger partial charge in [-0.2, -0.15) is 0 Å². The number of ether oxygens (including phenoxy) is 1. The maximum atomic E-state index is 13.7. The van der Waals surface area contributed by atoms with Crippen LogP contribution in [-0.4, -0.2) is 38.6 Å². The summed E-state index contributed by atoms with van der Waals surface area (Å²) in [7, 11) is 1.52. The first-order valence-corrected chi connectivity index (χ1v) is 6.55. The highest BCUT2D eigenvalue weighted by molar-refractivity contribution is 5.97. The zero-order chi connectivity index (χ0) is 16.7. The first-order valence-electron chi connectivity index (χ1n) is 6.55. The van der Waals surface area contributed by atoms with Gasteiger partial charge >= 0.3 is 0 Å². The number of benzene rings is 1. The number of carbonyl (C=O) groups excluding carboxylic acids is 2. The second-order valence-electron chi connectivity index (χ2n) is 4.50. The van der Waals surface area contributed by atoms with Crippen molar-refractivity contribution in [3.63, 3.8) is 0 Å². The summed E-state index contributed by atoms with van der Waals surface area (Å²) in [5.41, 5.74) is -0.488. The molecular weight excluding hydrogens is 301 g/mol. The molecule has 0 unspecified atom stereocenters. The van der Waals surface area contributed by atoms with Crippen LogP contribution in [0.5, 0.6) is 0 Å². The van der Waals surface area contributed by atoms with E-state index in [4.69, 9.17) is 4.74 Å². The molecule has 0 aliphatic carbocycles. The predicted molar refractivity (Wildman–Crippen MR) is 73.8 cm³/mol. The monoisotopic (exact) mass is 318 g/mol. The van der Waals surface area contributed by atoms with Crippen LogP contribution in [-0.2, 0) is 14.3 Å². The molecule has 1 N–H and O–H groups in total. The van der Waals surface area contributed by atoms with Crippen molar-refractivity contribution < 1.29 is 27.5 Å². The van der Waals surface area contributed by atoms with Crippen LogP contribution in [0.1, 0.15) is 13.3 Å². The van der Waals surface area contributed by atoms with Gasteiger partial charge in [-0.15, -0.1) is 0 Å². The summed E-state index contributed by atoms with van der Waals surface area (Å²) >= 11 is 0. The van der Waals surface area contributed by atoms with E-state index in [9.17, 15) is 22.8 Å². The number of hydrogen-bond donors (Lipinski definition) is 1. The van der Waals surface area contributed by atoms with Gasteiger partial charge in [-0.1, -0.05) is 0 Å². The van der Waals surface area contributed by atoms with E-state index in [1.807, 2.05) is 0 Å². The molecule has 0 saturated carbocycles. The first-order chi connectivity index (χ1) is 10.4. The summed E-state index contributed by atoms with van der Waals surface area (Å²) in [6.07, 6.45) is 0.571. The van der Waals surface area contributed by atoms with E-state index in [1.54, 1.807) is 0 Å². The van der Waals surface area contributed by atoms with E-state index >= 15 is 0 Å². The van der Waals surface area contributed by atoms with Gasteiger partial charge < -0.3 is 15.0 Å². The van der Waals surface area contributed by atoms with Crippen LogP contribution in [0.3, 0.4) is 0 Å². The molecule has 0 aliphatic heterocycles. The Morgan fingerprint density at radius 3 is 2.50 bits per heavy atom. The second-order valence-corrected chi connectivity index (χ2v) is 4.50. The number of methoxy groups -OCH3 is 1. The fraction of sp³-hybridized carbons (Fsp3) is 0.429. The fourth-order valence-corrected chi connectivity index (χ4v) is 1.73. The standard InChI is InChI=1S/C14H17F3N2O3/c1-9(20)19(8-12(21)18-6-3-7-22-2)11-5-4-10(15)13(16)14(11)17/h4-5H,3,6-8H2,1-2H3,(H,18,21). The predicted octanol–water partition coefficient (Wildman–Crippen LogP) is 1.61. The molecule has 0 fully saturated rings. The van der Waals surface area contributed by atoms with Crippen molar-refractivity contribution in [2.75, 3.05) is 31.7 Å². The first kappa shape index (κ1) is 18.0. The summed E-state index contributed by atoms with van der Waals surface area (Å²) in [4.78, 5) is 24.0. The van der Waals surface area contributed by atoms with Crippen LogP contribution in [0.4, 0.5) is 18.9 Å². The van der Waals surface area contributed by atoms with E-state index in [-0.39, 0.29) is 0 Å². The molecule has 0 radical (unpaired) electrons. The van der Waals surface area contributed by atoms with Crippen LogP contribution in [0.15, 0.2) is 12.1 Å². The summed E-state index contributed by atoms with van der Waals surface area (Å²) in [5.74, 6) is -5.78. The van der Waals surface area contributed by atoms with Gasteiger partial charge in [0.15, 0.2) is 17.5 Å². The van der Waals surface area contributed by atoms with E-state index < -0.39 is 41.5 Å². The lowest BCUT2D eigenvalue weighted by atomic mass is 10.2. The molecule has 0 saturated heterocycles. The number of nitrogens with one attached hydrogen (secondary N) is 1. The van der Waals surface area contributed by atoms with E-state index in [1.165, 1.54) is 7.11 Å². The maximum absolute atomic E-state index is 13.7. The van der Waals surface area contributed by atoms with Gasteiger partial charge in [0.2, 0.25) is 11.8 Å². The molecule has 0 spiro atoms. The van der Waals surface area contributed by atoms with Crippen molar-refractivity contribution in [1.82, 2.24) is 5.32 Å². The normalized spacial score (nSPS) is 10.4. The number of anilines is 1. The summed E-state index contributed by atoms with van der Waals surface area (Å²) < 4.78 is 44.7. The van der Waals surface area contributed by atoms with Gasteiger partial charge in [0.05, 0.1) is 5.69 Å². The molecule has 0 bridgehead atoms. The van der Waals surface area contributed by atoms with Gasteiger partial charge in [0, 0.05) is 27.2 Å². The number of halogens is 3. The lowest BCUT2D eigenvalue weighted by Gasteiger charge is -2.21. The van der Waals surface area contributed by atoms with Gasteiger partial charge in [0.25, 0.3) is 0 Å². The molecule has 0 atom stereocenters. The number of carbonyl (C=O) groups is 2. The SMILES string of the molecule is COCCCNC(=O)CN(C(C)=O)c1ccc(F)c(F)c1F. The second kappa shape index (κ2) is 8.38. The van der Waals surface area contributed by atoms with Crippen LogP contribution in [0.25, 0.3) is 0 Å². The Bertz CT molecular complexity index is 552. The lowest BCUT2D eigenvalue weighted by molar-refractivity contribution is -0.123. The Hall–Kier alpha value is -2.09. The third-order valence-corrected chi connectivity index (χ3v) is 2.83. The third kappa shape index (κ3) is 4.73. The molecule has 0 aliphatic rings. The summed E-state index contributed by atoms with van der Waals surface area (Å²) in [6.45, 7) is 1.37. The van der Waals surface area contributed by atoms with E-state index in [0.717, 1.165) is 17.9 Å². The van der Waals surface area contributed by atoms with Gasteiger partial charge in [-0.25, -0.2) is 13.2 Å². The Morgan fingerprint density at radius 2 is 1.91 bits per heavy atom. The molecular formula is C14H17F3N2O3. The highest BCUT2D eigenvalue weighted by atomic mass is 19.2. The van der Waals surface area contributed by atoms with Gasteiger partial charge in [-0.3, -0.25) is 9.59 Å². The van der Waals surface area contributed by atoms with Gasteiger partial charge in [-0.05, 0) is 18.6 Å². The quantitative estimate of drug-likeness (QED) is 0.614. The lowest BCUT2D eigenvalue weighted by Crippen LogP contribution is -2.40. The van der Waals surface area contributed by atoms with Crippen LogP contribution in [0, 0.1) is 17.5 Å². The van der Waals surface area contributed by atoms with E-state index in [2.05, 4.69) is 5.32 Å². The van der Waals surface area contributed by atoms with Crippen molar-refractivity contribution >= 4 is 17.5 Å². The number of amides is 2. The molecule has 0 aromatic heterocycles. The average molecular weight is 318 g/mol. The van der Waals surface area contributed by atoms with Gasteiger partial charge in [0.1, 0.15) is 6.54 Å². The van der Waals surface area contributed by atoms with Crippen LogP contribution in [0.2, 0.25) is 0 Å². The molecule has 2 amide bonds. The number of hydrogen-bond acceptors (Lipinski definition) is 3. The highest BCUT2D eigenvalue weighted by Crippen LogP contribution is 2.23. The zero-order valence-corrected chi connectivity index (χ0v) is 12.3. The van der Waals surface area contributed by atoms with Crippen molar-refractivity contribution in [2.24, 2.45) is 0 Å². The molecule has 0 heterocycles. The number of rotatable bonds is 7. The van der Waals surface area contributed by atoms with Crippen molar-refractivity contribution in [1.29, 1.82) is 0 Å². The molecule has 1 rings (SSSR count). The Balaban J connectivity index is 2.81. The fourth-order valence-electron chi connectivity index (χ4n) is 1.73. The van der Waals surface area contributed by atoms with Crippen molar-refractivity contribution in [2.45, 2.75) is 13.3 Å². The minimum Gasteiger partial charge on any atom is -0.385 e. The van der Waals surface area contributed by atoms with Crippen LogP contribution >= 0.6 is 0 Å². The number of nitrogens with zero attached hydrogens (tertiary/aromatic N) is 1. The molecule has 122 valence electrons. The van der Waals surface area contributed by atoms with E-state index in [0.29, 0.717) is 25.6 Å². The minimum atomic E-state index is -1.69. The third-order valence-electron chi connectivity index (χ3n) is 2.83.